The third kappa shape index (κ3) is 1.49. The molecule has 1 nitrogen and oxygen atoms in total. The van der Waals surface area contributed by atoms with Gasteiger partial charge < -0.3 is 5.40 Å². The molecule has 108 valence electrons. The minimum absolute atomic E-state index is 1.05. The SMILES string of the molecule is C[Si]1(C)[Si](C)(C)[Si](C)(C)[Si](C)(N)[Si](C)(C)[Si]1(C)C. The highest BCUT2D eigenvalue weighted by atomic mass is 30.2. The number of rotatable bonds is 0. The summed E-state index contributed by atoms with van der Waals surface area (Å²) >= 11 is 0. The Kier molecular flexibility index (Phi) is 3.77. The van der Waals surface area contributed by atoms with Crippen molar-refractivity contribution in [3.63, 3.8) is 0 Å². The predicted octanol–water partition coefficient (Wildman–Crippen LogP) is 3.55. The summed E-state index contributed by atoms with van der Waals surface area (Å²) in [5.74, 6) is 0. The van der Waals surface area contributed by atoms with E-state index >= 15 is 0 Å². The van der Waals surface area contributed by atoms with Crippen molar-refractivity contribution in [2.75, 3.05) is 0 Å². The third-order valence-electron chi connectivity index (χ3n) is 8.85. The molecular formula is C11H35NSi6. The van der Waals surface area contributed by atoms with Crippen molar-refractivity contribution < 1.29 is 0 Å². The first-order chi connectivity index (χ1) is 7.50. The molecule has 0 aliphatic carbocycles. The van der Waals surface area contributed by atoms with Gasteiger partial charge in [0.1, 0.15) is 0 Å². The van der Waals surface area contributed by atoms with E-state index in [0.717, 1.165) is 0 Å². The fourth-order valence-corrected chi connectivity index (χ4v) is 238. The number of hydrogen-bond acceptors (Lipinski definition) is 1. The first-order valence-corrected chi connectivity index (χ1v) is 30.9. The zero-order valence-electron chi connectivity index (χ0n) is 14.6. The van der Waals surface area contributed by atoms with Crippen molar-refractivity contribution in [1.82, 2.24) is 0 Å². The molecule has 1 fully saturated rings. The average Bonchev–Trinajstić information content (AvgIpc) is 2.14. The third-order valence-corrected chi connectivity index (χ3v) is 159. The lowest BCUT2D eigenvalue weighted by Crippen LogP contribution is -3.03. The van der Waals surface area contributed by atoms with E-state index in [1.807, 2.05) is 0 Å². The molecule has 7 heteroatoms. The van der Waals surface area contributed by atoms with Crippen LogP contribution in [0.15, 0.2) is 0 Å². The Morgan fingerprint density at radius 3 is 0.778 bits per heavy atom. The first kappa shape index (κ1) is 17.3. The Balaban J connectivity index is 3.72. The second-order valence-corrected chi connectivity index (χ2v) is 80.7. The summed E-state index contributed by atoms with van der Waals surface area (Å²) in [5.41, 5.74) is 0. The zero-order valence-corrected chi connectivity index (χ0v) is 20.6. The summed E-state index contributed by atoms with van der Waals surface area (Å²) in [6.45, 7) is 30.0. The Morgan fingerprint density at radius 2 is 0.556 bits per heavy atom. The van der Waals surface area contributed by atoms with Gasteiger partial charge in [-0.25, -0.2) is 0 Å². The molecule has 0 aromatic heterocycles. The fraction of sp³-hybridized carbons (Fsp3) is 1.00. The van der Waals surface area contributed by atoms with E-state index in [2.05, 4.69) is 72.0 Å². The van der Waals surface area contributed by atoms with Crippen LogP contribution in [0.3, 0.4) is 0 Å². The second-order valence-electron chi connectivity index (χ2n) is 9.33. The molecule has 0 radical (unpaired) electrons. The van der Waals surface area contributed by atoms with Crippen molar-refractivity contribution in [2.24, 2.45) is 5.40 Å². The lowest BCUT2D eigenvalue weighted by Gasteiger charge is -2.71. The van der Waals surface area contributed by atoms with Gasteiger partial charge in [-0.05, 0) is 0 Å². The number of hydrogen-bond donors (Lipinski definition) is 1. The summed E-state index contributed by atoms with van der Waals surface area (Å²) in [5, 5.41) is 7.26. The minimum Gasteiger partial charge on any atom is -0.355 e. The maximum atomic E-state index is 7.26. The molecule has 0 atom stereocenters. The zero-order chi connectivity index (χ0) is 15.0. The van der Waals surface area contributed by atoms with Crippen LogP contribution in [0.5, 0.6) is 0 Å². The topological polar surface area (TPSA) is 26.0 Å². The average molecular weight is 350 g/mol. The van der Waals surface area contributed by atoms with Gasteiger partial charge in [0.05, 0.1) is 7.27 Å². The molecule has 0 bridgehead atoms. The lowest BCUT2D eigenvalue weighted by molar-refractivity contribution is 1.66. The van der Waals surface area contributed by atoms with E-state index in [-0.39, 0.29) is 0 Å². The maximum Gasteiger partial charge on any atom is 0.0946 e. The Hall–Kier alpha value is 1.26. The van der Waals surface area contributed by atoms with Crippen molar-refractivity contribution in [3.8, 4) is 0 Å². The van der Waals surface area contributed by atoms with E-state index in [1.54, 1.807) is 0 Å². The standard InChI is InChI=1S/C11H35NSi6/c1-13(2)14(3,4)16(7,8)18(11,12)17(9,10)15(13,5)6/h12H2,1-11H3. The summed E-state index contributed by atoms with van der Waals surface area (Å²) < 4.78 is 0. The van der Waals surface area contributed by atoms with Gasteiger partial charge in [-0.3, -0.25) is 0 Å². The van der Waals surface area contributed by atoms with E-state index in [9.17, 15) is 0 Å². The molecule has 18 heavy (non-hydrogen) atoms. The Morgan fingerprint density at radius 1 is 0.389 bits per heavy atom. The molecule has 1 heterocycles. The van der Waals surface area contributed by atoms with Crippen LogP contribution < -0.4 is 5.40 Å². The van der Waals surface area contributed by atoms with Gasteiger partial charge in [0, 0.05) is 35.5 Å². The van der Waals surface area contributed by atoms with Crippen LogP contribution in [0.2, 0.25) is 72.0 Å². The Labute approximate surface area is 120 Å². The van der Waals surface area contributed by atoms with Crippen molar-refractivity contribution in [2.45, 2.75) is 72.0 Å². The van der Waals surface area contributed by atoms with Gasteiger partial charge in [0.2, 0.25) is 0 Å². The van der Waals surface area contributed by atoms with Gasteiger partial charge in [-0.15, -0.1) is 0 Å². The summed E-state index contributed by atoms with van der Waals surface area (Å²) in [7, 11) is -7.09. The highest BCUT2D eigenvalue weighted by molar-refractivity contribution is 8.13. The molecule has 1 saturated heterocycles. The predicted molar refractivity (Wildman–Crippen MR) is 103 cm³/mol. The molecule has 0 saturated carbocycles. The van der Waals surface area contributed by atoms with Gasteiger partial charge >= 0.3 is 0 Å². The monoisotopic (exact) mass is 349 g/mol. The van der Waals surface area contributed by atoms with E-state index in [0.29, 0.717) is 0 Å². The van der Waals surface area contributed by atoms with Gasteiger partial charge in [-0.2, -0.15) is 0 Å². The van der Waals surface area contributed by atoms with Crippen LogP contribution >= 0.6 is 0 Å². The van der Waals surface area contributed by atoms with Crippen LogP contribution in [0.4, 0.5) is 0 Å². The molecule has 1 aliphatic heterocycles. The van der Waals surface area contributed by atoms with E-state index in [4.69, 9.17) is 5.40 Å². The van der Waals surface area contributed by atoms with Crippen LogP contribution in [-0.4, -0.2) is 42.8 Å². The molecule has 0 aromatic rings. The second kappa shape index (κ2) is 3.92. The van der Waals surface area contributed by atoms with E-state index in [1.165, 1.54) is 0 Å². The van der Waals surface area contributed by atoms with E-state index < -0.39 is 42.8 Å². The molecule has 1 aliphatic rings. The Bertz CT molecular complexity index is 253. The smallest absolute Gasteiger partial charge is 0.0946 e. The lowest BCUT2D eigenvalue weighted by atomic mass is 11.9. The largest absolute Gasteiger partial charge is 0.355 e. The van der Waals surface area contributed by atoms with Crippen molar-refractivity contribution >= 4 is 42.8 Å². The summed E-state index contributed by atoms with van der Waals surface area (Å²) in [6.07, 6.45) is 0. The quantitative estimate of drug-likeness (QED) is 0.665. The summed E-state index contributed by atoms with van der Waals surface area (Å²) in [6, 6.07) is 0. The fourth-order valence-electron chi connectivity index (χ4n) is 4.42. The first-order valence-electron chi connectivity index (χ1n) is 7.29. The van der Waals surface area contributed by atoms with Crippen LogP contribution in [0, 0.1) is 0 Å². The van der Waals surface area contributed by atoms with Gasteiger partial charge in [0.15, 0.2) is 0 Å². The molecule has 1 rings (SSSR count). The van der Waals surface area contributed by atoms with Crippen molar-refractivity contribution in [3.05, 3.63) is 0 Å². The normalized spacial score (nSPS) is 34.0. The van der Waals surface area contributed by atoms with Crippen molar-refractivity contribution in [1.29, 1.82) is 0 Å². The molecular weight excluding hydrogens is 315 g/mol. The molecule has 2 N–H and O–H groups in total. The minimum atomic E-state index is -1.47. The molecule has 0 amide bonds. The highest BCUT2D eigenvalue weighted by Gasteiger charge is 2.76. The van der Waals surface area contributed by atoms with Gasteiger partial charge in [-0.1, -0.05) is 72.0 Å². The van der Waals surface area contributed by atoms with Crippen LogP contribution in [0.25, 0.3) is 0 Å². The molecule has 0 spiro atoms. The highest BCUT2D eigenvalue weighted by Crippen LogP contribution is 2.49. The summed E-state index contributed by atoms with van der Waals surface area (Å²) in [4.78, 5) is 0. The number of nitrogens with two attached hydrogens (primary N) is 1. The molecule has 0 unspecified atom stereocenters. The van der Waals surface area contributed by atoms with Gasteiger partial charge in [0.25, 0.3) is 0 Å². The maximum absolute atomic E-state index is 7.26. The van der Waals surface area contributed by atoms with Crippen LogP contribution in [0.1, 0.15) is 0 Å². The molecule has 0 aromatic carbocycles. The van der Waals surface area contributed by atoms with Crippen LogP contribution in [-0.2, 0) is 0 Å².